The lowest BCUT2D eigenvalue weighted by atomic mass is 9.84. The number of carbonyl (C=O) groups is 3. The number of benzene rings is 3. The van der Waals surface area contributed by atoms with Gasteiger partial charge < -0.3 is 29.0 Å². The summed E-state index contributed by atoms with van der Waals surface area (Å²) in [5.41, 5.74) is -0.341. The van der Waals surface area contributed by atoms with Crippen LogP contribution in [0.4, 0.5) is 13.6 Å². The minimum absolute atomic E-state index is 0.0426. The average molecular weight is 889 g/mol. The van der Waals surface area contributed by atoms with E-state index >= 15 is 0 Å². The van der Waals surface area contributed by atoms with E-state index in [1.807, 2.05) is 26.0 Å². The molecular formula is C45H47F2N4O11P. The van der Waals surface area contributed by atoms with E-state index in [-0.39, 0.29) is 56.8 Å². The van der Waals surface area contributed by atoms with E-state index in [0.717, 1.165) is 11.6 Å². The van der Waals surface area contributed by atoms with Gasteiger partial charge in [-0.25, -0.2) is 18.1 Å². The third-order valence-corrected chi connectivity index (χ3v) is 13.2. The van der Waals surface area contributed by atoms with Crippen molar-refractivity contribution in [2.75, 3.05) is 32.9 Å². The Morgan fingerprint density at radius 3 is 2.32 bits per heavy atom. The van der Waals surface area contributed by atoms with Gasteiger partial charge in [0.05, 0.1) is 51.4 Å². The van der Waals surface area contributed by atoms with Crippen LogP contribution in [0.3, 0.4) is 0 Å². The van der Waals surface area contributed by atoms with Crippen molar-refractivity contribution in [3.63, 3.8) is 0 Å². The number of hydrogen-bond acceptors (Lipinski definition) is 11. The molecule has 2 saturated heterocycles. The monoisotopic (exact) mass is 888 g/mol. The van der Waals surface area contributed by atoms with Gasteiger partial charge in [0.1, 0.15) is 22.8 Å². The van der Waals surface area contributed by atoms with Crippen molar-refractivity contribution in [1.29, 1.82) is 0 Å². The van der Waals surface area contributed by atoms with Crippen LogP contribution in [0, 0.1) is 11.6 Å². The number of amides is 3. The molecule has 3 aromatic carbocycles. The summed E-state index contributed by atoms with van der Waals surface area (Å²) in [5.74, 6) is -3.95. The molecule has 4 aromatic rings. The van der Waals surface area contributed by atoms with Crippen LogP contribution in [0.25, 0.3) is 0 Å². The van der Waals surface area contributed by atoms with Gasteiger partial charge in [-0.15, -0.1) is 0 Å². The van der Waals surface area contributed by atoms with Crippen LogP contribution in [-0.2, 0) is 47.4 Å². The van der Waals surface area contributed by atoms with Gasteiger partial charge in [-0.05, 0) is 49.5 Å². The highest BCUT2D eigenvalue weighted by molar-refractivity contribution is 7.48. The van der Waals surface area contributed by atoms with Crippen molar-refractivity contribution in [2.24, 2.45) is 0 Å². The van der Waals surface area contributed by atoms with Crippen LogP contribution in [0.2, 0.25) is 0 Å². The number of hydrogen-bond donors (Lipinski definition) is 1. The van der Waals surface area contributed by atoms with Crippen LogP contribution in [0.5, 0.6) is 5.75 Å². The third-order valence-electron chi connectivity index (χ3n) is 11.8. The molecule has 5 heterocycles. The summed E-state index contributed by atoms with van der Waals surface area (Å²) >= 11 is 0. The molecule has 8 rings (SSSR count). The molecule has 63 heavy (non-hydrogen) atoms. The van der Waals surface area contributed by atoms with Gasteiger partial charge in [-0.2, -0.15) is 0 Å². The number of morpholine rings is 1. The fourth-order valence-electron chi connectivity index (χ4n) is 8.36. The number of pyridine rings is 1. The van der Waals surface area contributed by atoms with Crippen molar-refractivity contribution in [3.05, 3.63) is 147 Å². The third kappa shape index (κ3) is 9.48. The summed E-state index contributed by atoms with van der Waals surface area (Å²) < 4.78 is 79.3. The highest BCUT2D eigenvalue weighted by atomic mass is 31.2. The van der Waals surface area contributed by atoms with Gasteiger partial charge in [0.25, 0.3) is 11.8 Å². The van der Waals surface area contributed by atoms with E-state index in [2.05, 4.69) is 5.32 Å². The van der Waals surface area contributed by atoms with E-state index in [4.69, 9.17) is 27.8 Å². The predicted molar refractivity (Wildman–Crippen MR) is 223 cm³/mol. The number of aromatic nitrogens is 1. The summed E-state index contributed by atoms with van der Waals surface area (Å²) in [4.78, 5) is 60.1. The van der Waals surface area contributed by atoms with Crippen molar-refractivity contribution in [2.45, 2.75) is 76.6 Å². The second kappa shape index (κ2) is 18.6. The number of rotatable bonds is 13. The van der Waals surface area contributed by atoms with Crippen molar-refractivity contribution in [3.8, 4) is 5.75 Å². The topological polar surface area (TPSA) is 164 Å². The van der Waals surface area contributed by atoms with Crippen LogP contribution in [0.15, 0.2) is 102 Å². The lowest BCUT2D eigenvalue weighted by Gasteiger charge is -2.43. The normalized spacial score (nSPS) is 21.9. The largest absolute Gasteiger partial charge is 0.492 e. The fourth-order valence-corrected chi connectivity index (χ4v) is 9.56. The average Bonchev–Trinajstić information content (AvgIpc) is 3.62. The Kier molecular flexibility index (Phi) is 12.9. The number of phosphoric ester groups is 1. The van der Waals surface area contributed by atoms with E-state index < -0.39 is 84.9 Å². The Labute approximate surface area is 362 Å². The molecule has 4 atom stereocenters. The Morgan fingerprint density at radius 2 is 1.67 bits per heavy atom. The SMILES string of the molecule is CC1=CO[C@@]2(CC[C@H](C)N3C[C@H]2n2cc(C(=O)NCc4ccc(F)cc4F)c(=O)c(OC(=O)N4CCOC[C@H]4COP(=O)(OCc4ccccc4)OCc4ccccc4)c2C3=O)C1. The molecule has 1 N–H and O–H groups in total. The van der Waals surface area contributed by atoms with Crippen molar-refractivity contribution < 1.29 is 55.5 Å². The molecular weight excluding hydrogens is 841 g/mol. The van der Waals surface area contributed by atoms with E-state index in [9.17, 15) is 32.5 Å². The van der Waals surface area contributed by atoms with Gasteiger partial charge in [0, 0.05) is 49.9 Å². The second-order valence-electron chi connectivity index (χ2n) is 16.1. The Bertz CT molecular complexity index is 2460. The number of nitrogens with one attached hydrogen (secondary N) is 1. The summed E-state index contributed by atoms with van der Waals surface area (Å²) in [6.45, 7) is 2.88. The molecule has 18 heteroatoms. The van der Waals surface area contributed by atoms with Gasteiger partial charge in [-0.1, -0.05) is 66.7 Å². The lowest BCUT2D eigenvalue weighted by Crippen LogP contribution is -2.54. The lowest BCUT2D eigenvalue weighted by molar-refractivity contribution is -0.0223. The number of carbonyl (C=O) groups excluding carboxylic acids is 3. The summed E-state index contributed by atoms with van der Waals surface area (Å²) in [5, 5.41) is 2.51. The molecule has 4 aliphatic rings. The predicted octanol–water partition coefficient (Wildman–Crippen LogP) is 7.06. The summed E-state index contributed by atoms with van der Waals surface area (Å²) in [7, 11) is -4.30. The molecule has 3 amide bonds. The second-order valence-corrected chi connectivity index (χ2v) is 17.8. The molecule has 0 aliphatic carbocycles. The van der Waals surface area contributed by atoms with Gasteiger partial charge in [-0.3, -0.25) is 32.9 Å². The number of nitrogens with zero attached hydrogens (tertiary/aromatic N) is 3. The Hall–Kier alpha value is -5.71. The van der Waals surface area contributed by atoms with Gasteiger partial charge >= 0.3 is 13.9 Å². The first-order chi connectivity index (χ1) is 30.3. The van der Waals surface area contributed by atoms with E-state index in [1.165, 1.54) is 21.7 Å². The zero-order chi connectivity index (χ0) is 44.3. The van der Waals surface area contributed by atoms with Crippen molar-refractivity contribution >= 4 is 25.7 Å². The molecule has 2 fully saturated rings. The van der Waals surface area contributed by atoms with E-state index in [0.29, 0.717) is 36.5 Å². The Balaban J connectivity index is 1.10. The molecule has 4 aliphatic heterocycles. The molecule has 0 saturated carbocycles. The number of phosphoric acid groups is 1. The minimum atomic E-state index is -4.30. The van der Waals surface area contributed by atoms with Crippen LogP contribution in [-0.4, -0.2) is 82.9 Å². The first kappa shape index (κ1) is 43.9. The molecule has 332 valence electrons. The maximum Gasteiger partial charge on any atom is 0.475 e. The molecule has 0 radical (unpaired) electrons. The maximum absolute atomic E-state index is 14.6. The van der Waals surface area contributed by atoms with Crippen LogP contribution < -0.4 is 15.5 Å². The van der Waals surface area contributed by atoms with Crippen LogP contribution in [0.1, 0.15) is 76.7 Å². The van der Waals surface area contributed by atoms with E-state index in [1.54, 1.807) is 59.7 Å². The van der Waals surface area contributed by atoms with Gasteiger partial charge in [0.15, 0.2) is 5.69 Å². The number of ether oxygens (including phenoxy) is 3. The number of halogens is 2. The molecule has 15 nitrogen and oxygen atoms in total. The fraction of sp³-hybridized carbons (Fsp3) is 0.378. The molecule has 2 bridgehead atoms. The zero-order valence-corrected chi connectivity index (χ0v) is 35.6. The molecule has 0 unspecified atom stereocenters. The van der Waals surface area contributed by atoms with Crippen LogP contribution >= 0.6 is 7.82 Å². The highest BCUT2D eigenvalue weighted by Crippen LogP contribution is 2.51. The zero-order valence-electron chi connectivity index (χ0n) is 34.7. The maximum atomic E-state index is 14.6. The first-order valence-corrected chi connectivity index (χ1v) is 22.1. The minimum Gasteiger partial charge on any atom is -0.492 e. The molecule has 1 aromatic heterocycles. The molecule has 1 spiro atoms. The first-order valence-electron chi connectivity index (χ1n) is 20.7. The summed E-state index contributed by atoms with van der Waals surface area (Å²) in [6.07, 6.45) is 3.46. The number of fused-ring (bicyclic) bond motifs is 5. The highest BCUT2D eigenvalue weighted by Gasteiger charge is 2.53. The Morgan fingerprint density at radius 1 is 0.968 bits per heavy atom. The van der Waals surface area contributed by atoms with Crippen molar-refractivity contribution in [1.82, 2.24) is 19.7 Å². The van der Waals surface area contributed by atoms with Gasteiger partial charge in [0.2, 0.25) is 11.2 Å². The quantitative estimate of drug-likeness (QED) is 0.137. The standard InChI is InChI=1S/C45H47F2N4O11P/c1-29-20-45(58-24-29)16-15-30(2)50-23-38(45)51-22-36(42(53)48-21-33-13-14-34(46)19-37(33)47)40(52)41(39(51)43(50)54)62-44(55)49-17-18-57-27-35(49)28-61-63(56,59-25-31-9-5-3-6-10-31)60-26-32-11-7-4-8-12-32/h3-14,19,22,24,30,35,38H,15-18,20-21,23,25-28H2,1-2H3,(H,48,53)/t30-,35-,38+,45-/m0/s1. The smallest absolute Gasteiger partial charge is 0.475 e. The summed E-state index contributed by atoms with van der Waals surface area (Å²) in [6, 6.07) is 19.0.